The second-order valence-electron chi connectivity index (χ2n) is 5.01. The van der Waals surface area contributed by atoms with Gasteiger partial charge in [0.05, 0.1) is 18.7 Å². The van der Waals surface area contributed by atoms with Gasteiger partial charge in [-0.15, -0.1) is 11.3 Å². The van der Waals surface area contributed by atoms with Crippen molar-refractivity contribution in [3.63, 3.8) is 0 Å². The van der Waals surface area contributed by atoms with Crippen LogP contribution in [0.15, 0.2) is 34.1 Å². The fourth-order valence-corrected chi connectivity index (χ4v) is 3.19. The van der Waals surface area contributed by atoms with Crippen LogP contribution in [0.2, 0.25) is 0 Å². The molecule has 1 aromatic heterocycles. The Balaban J connectivity index is 1.62. The number of hydrazine groups is 1. The van der Waals surface area contributed by atoms with Gasteiger partial charge in [0.15, 0.2) is 0 Å². The van der Waals surface area contributed by atoms with Gasteiger partial charge in [-0.05, 0) is 31.4 Å². The summed E-state index contributed by atoms with van der Waals surface area (Å²) in [5.41, 5.74) is 8.56. The molecule has 1 aromatic carbocycles. The number of rotatable bonds is 3. The molecule has 0 aliphatic carbocycles. The van der Waals surface area contributed by atoms with E-state index in [1.807, 2.05) is 12.1 Å². The van der Waals surface area contributed by atoms with Crippen LogP contribution in [0.3, 0.4) is 0 Å². The Hall–Kier alpha value is -1.40. The van der Waals surface area contributed by atoms with Crippen molar-refractivity contribution in [2.75, 3.05) is 12.0 Å². The number of halogens is 1. The SMILES string of the molecule is Brc1ccc(-c2csc(NNC3=[NH+]CCCCC3)n2)cc1. The summed E-state index contributed by atoms with van der Waals surface area (Å²) in [4.78, 5) is 8.02. The summed E-state index contributed by atoms with van der Waals surface area (Å²) < 4.78 is 1.08. The average Bonchev–Trinajstić information content (AvgIpc) is 2.81. The van der Waals surface area contributed by atoms with Crippen molar-refractivity contribution in [3.05, 3.63) is 34.1 Å². The maximum Gasteiger partial charge on any atom is 0.265 e. The minimum Gasteiger partial charge on any atom is -0.277 e. The lowest BCUT2D eigenvalue weighted by molar-refractivity contribution is -0.459. The number of hydrogen-bond acceptors (Lipinski definition) is 4. The first-order chi connectivity index (χ1) is 10.3. The zero-order valence-corrected chi connectivity index (χ0v) is 14.1. The van der Waals surface area contributed by atoms with Crippen LogP contribution in [0, 0.1) is 0 Å². The van der Waals surface area contributed by atoms with Gasteiger partial charge in [0, 0.05) is 15.4 Å². The summed E-state index contributed by atoms with van der Waals surface area (Å²) >= 11 is 5.05. The fourth-order valence-electron chi connectivity index (χ4n) is 2.25. The number of thiazole rings is 1. The number of anilines is 1. The lowest BCUT2D eigenvalue weighted by Crippen LogP contribution is -2.76. The van der Waals surface area contributed by atoms with E-state index >= 15 is 0 Å². The van der Waals surface area contributed by atoms with Gasteiger partial charge in [0.2, 0.25) is 5.13 Å². The van der Waals surface area contributed by atoms with Crippen LogP contribution >= 0.6 is 27.3 Å². The van der Waals surface area contributed by atoms with Crippen molar-refractivity contribution < 1.29 is 4.99 Å². The Morgan fingerprint density at radius 1 is 1.10 bits per heavy atom. The molecule has 1 aliphatic heterocycles. The number of nitrogens with zero attached hydrogens (tertiary/aromatic N) is 1. The molecule has 2 aromatic rings. The van der Waals surface area contributed by atoms with Crippen molar-refractivity contribution in [2.45, 2.75) is 25.7 Å². The van der Waals surface area contributed by atoms with E-state index in [0.717, 1.165) is 39.7 Å². The molecular formula is C15H18BrN4S+. The molecule has 4 nitrogen and oxygen atoms in total. The Kier molecular flexibility index (Phi) is 4.87. The molecule has 1 aliphatic rings. The molecule has 21 heavy (non-hydrogen) atoms. The van der Waals surface area contributed by atoms with Crippen LogP contribution in [0.4, 0.5) is 5.13 Å². The number of benzene rings is 1. The monoisotopic (exact) mass is 365 g/mol. The van der Waals surface area contributed by atoms with Crippen LogP contribution in [-0.4, -0.2) is 17.4 Å². The first-order valence-corrected chi connectivity index (χ1v) is 8.82. The summed E-state index contributed by atoms with van der Waals surface area (Å²) in [6.45, 7) is 1.05. The Morgan fingerprint density at radius 3 is 2.81 bits per heavy atom. The molecule has 0 saturated heterocycles. The first-order valence-electron chi connectivity index (χ1n) is 7.14. The number of nitrogens with one attached hydrogen (secondary N) is 3. The quantitative estimate of drug-likeness (QED) is 0.732. The minimum absolute atomic E-state index is 0.881. The van der Waals surface area contributed by atoms with Gasteiger partial charge in [0.1, 0.15) is 0 Å². The molecule has 0 fully saturated rings. The number of aromatic nitrogens is 1. The normalized spacial score (nSPS) is 15.2. The maximum atomic E-state index is 4.61. The van der Waals surface area contributed by atoms with E-state index in [4.69, 9.17) is 0 Å². The van der Waals surface area contributed by atoms with E-state index in [1.54, 1.807) is 11.3 Å². The van der Waals surface area contributed by atoms with Crippen LogP contribution in [0.25, 0.3) is 11.3 Å². The Bertz CT molecular complexity index is 621. The topological polar surface area (TPSA) is 50.9 Å². The van der Waals surface area contributed by atoms with Gasteiger partial charge in [-0.1, -0.05) is 28.1 Å². The van der Waals surface area contributed by atoms with Crippen LogP contribution in [-0.2, 0) is 0 Å². The van der Waals surface area contributed by atoms with Crippen LogP contribution in [0.1, 0.15) is 25.7 Å². The molecule has 0 spiro atoms. The predicted octanol–water partition coefficient (Wildman–Crippen LogP) is 2.54. The summed E-state index contributed by atoms with van der Waals surface area (Å²) in [6, 6.07) is 8.20. The molecule has 0 unspecified atom stereocenters. The van der Waals surface area contributed by atoms with Crippen molar-refractivity contribution in [2.24, 2.45) is 0 Å². The molecule has 3 rings (SSSR count). The summed E-state index contributed by atoms with van der Waals surface area (Å²) in [5, 5.41) is 2.95. The van der Waals surface area contributed by atoms with E-state index in [1.165, 1.54) is 19.3 Å². The average molecular weight is 366 g/mol. The van der Waals surface area contributed by atoms with Gasteiger partial charge in [0.25, 0.3) is 5.84 Å². The maximum absolute atomic E-state index is 4.61. The molecular weight excluding hydrogens is 348 g/mol. The van der Waals surface area contributed by atoms with Crippen molar-refractivity contribution in [1.82, 2.24) is 10.4 Å². The smallest absolute Gasteiger partial charge is 0.265 e. The number of hydrogen-bond donors (Lipinski definition) is 3. The van der Waals surface area contributed by atoms with Crippen LogP contribution < -0.4 is 15.8 Å². The first kappa shape index (κ1) is 14.5. The van der Waals surface area contributed by atoms with Crippen molar-refractivity contribution in [1.29, 1.82) is 0 Å². The Morgan fingerprint density at radius 2 is 1.95 bits per heavy atom. The van der Waals surface area contributed by atoms with Crippen LogP contribution in [0.5, 0.6) is 0 Å². The van der Waals surface area contributed by atoms with E-state index < -0.39 is 0 Å². The highest BCUT2D eigenvalue weighted by molar-refractivity contribution is 9.10. The predicted molar refractivity (Wildman–Crippen MR) is 91.3 cm³/mol. The fraction of sp³-hybridized carbons (Fsp3) is 0.333. The van der Waals surface area contributed by atoms with Crippen molar-refractivity contribution in [3.8, 4) is 11.3 Å². The highest BCUT2D eigenvalue weighted by atomic mass is 79.9. The minimum atomic E-state index is 0.881. The van der Waals surface area contributed by atoms with E-state index in [0.29, 0.717) is 0 Å². The number of amidine groups is 1. The molecule has 6 heteroatoms. The molecule has 0 amide bonds. The van der Waals surface area contributed by atoms with E-state index in [-0.39, 0.29) is 0 Å². The van der Waals surface area contributed by atoms with E-state index in [2.05, 4.69) is 54.3 Å². The third kappa shape index (κ3) is 4.04. The second-order valence-corrected chi connectivity index (χ2v) is 6.78. The zero-order valence-electron chi connectivity index (χ0n) is 11.7. The zero-order chi connectivity index (χ0) is 14.5. The standard InChI is InChI=1S/C15H17BrN4S/c16-12-7-5-11(6-8-12)13-10-21-15(18-13)20-19-14-4-2-1-3-9-17-14/h5-8,10H,1-4,9H2,(H,17,19)(H,18,20)/p+1. The van der Waals surface area contributed by atoms with Gasteiger partial charge in [-0.3, -0.25) is 4.99 Å². The van der Waals surface area contributed by atoms with Gasteiger partial charge in [-0.25, -0.2) is 10.4 Å². The molecule has 3 N–H and O–H groups in total. The van der Waals surface area contributed by atoms with Gasteiger partial charge in [-0.2, -0.15) is 5.43 Å². The lowest BCUT2D eigenvalue weighted by Gasteiger charge is -2.01. The third-order valence-electron chi connectivity index (χ3n) is 3.41. The highest BCUT2D eigenvalue weighted by Crippen LogP contribution is 2.25. The second kappa shape index (κ2) is 7.04. The third-order valence-corrected chi connectivity index (χ3v) is 4.69. The molecule has 0 saturated carbocycles. The highest BCUT2D eigenvalue weighted by Gasteiger charge is 2.11. The summed E-state index contributed by atoms with van der Waals surface area (Å²) in [5.74, 6) is 1.16. The molecule has 0 atom stereocenters. The Labute approximate surface area is 136 Å². The molecule has 110 valence electrons. The van der Waals surface area contributed by atoms with Gasteiger partial charge < -0.3 is 0 Å². The molecule has 0 radical (unpaired) electrons. The molecule has 2 heterocycles. The molecule has 0 bridgehead atoms. The largest absolute Gasteiger partial charge is 0.277 e. The van der Waals surface area contributed by atoms with Gasteiger partial charge >= 0.3 is 0 Å². The summed E-state index contributed by atoms with van der Waals surface area (Å²) in [7, 11) is 0. The van der Waals surface area contributed by atoms with E-state index in [9.17, 15) is 0 Å². The lowest BCUT2D eigenvalue weighted by atomic mass is 10.2. The van der Waals surface area contributed by atoms with Crippen molar-refractivity contribution >= 4 is 38.2 Å². The summed E-state index contributed by atoms with van der Waals surface area (Å²) in [6.07, 6.45) is 4.84.